The van der Waals surface area contributed by atoms with Gasteiger partial charge in [-0.15, -0.1) is 11.6 Å². The summed E-state index contributed by atoms with van der Waals surface area (Å²) in [5, 5.41) is 2.86. The van der Waals surface area contributed by atoms with Crippen molar-refractivity contribution >= 4 is 35.1 Å². The molecule has 0 saturated carbocycles. The van der Waals surface area contributed by atoms with Crippen molar-refractivity contribution in [3.05, 3.63) is 59.7 Å². The second-order valence-corrected chi connectivity index (χ2v) is 7.87. The molecule has 3 amide bonds. The highest BCUT2D eigenvalue weighted by Gasteiger charge is 2.33. The lowest BCUT2D eigenvalue weighted by Gasteiger charge is -2.33. The molecule has 0 radical (unpaired) electrons. The lowest BCUT2D eigenvalue weighted by Crippen LogP contribution is -2.49. The summed E-state index contributed by atoms with van der Waals surface area (Å²) >= 11 is 5.68. The van der Waals surface area contributed by atoms with Crippen molar-refractivity contribution < 1.29 is 14.3 Å². The summed E-state index contributed by atoms with van der Waals surface area (Å²) in [5.41, 5.74) is 4.14. The van der Waals surface area contributed by atoms with E-state index in [9.17, 15) is 9.59 Å². The molecule has 0 aromatic heterocycles. The fraction of sp³-hybridized carbons (Fsp3) is 0.417. The van der Waals surface area contributed by atoms with Crippen LogP contribution >= 0.6 is 11.6 Å². The van der Waals surface area contributed by atoms with Gasteiger partial charge in [0.05, 0.1) is 5.88 Å². The van der Waals surface area contributed by atoms with Crippen molar-refractivity contribution in [1.82, 2.24) is 4.90 Å². The number of rotatable bonds is 7. The zero-order chi connectivity index (χ0) is 22.2. The Morgan fingerprint density at radius 2 is 1.74 bits per heavy atom. The predicted octanol–water partition coefficient (Wildman–Crippen LogP) is 5.30. The van der Waals surface area contributed by atoms with Gasteiger partial charge in [-0.1, -0.05) is 24.3 Å². The van der Waals surface area contributed by atoms with Gasteiger partial charge in [-0.2, -0.15) is 0 Å². The van der Waals surface area contributed by atoms with Crippen molar-refractivity contribution in [2.45, 2.75) is 39.2 Å². The van der Waals surface area contributed by atoms with E-state index in [1.165, 1.54) is 10.5 Å². The Balaban J connectivity index is 1.76. The third-order valence-electron chi connectivity index (χ3n) is 5.65. The van der Waals surface area contributed by atoms with Crippen LogP contribution in [0.5, 0.6) is 0 Å². The van der Waals surface area contributed by atoms with Crippen LogP contribution in [-0.2, 0) is 17.6 Å². The summed E-state index contributed by atoms with van der Waals surface area (Å²) in [6.45, 7) is 6.08. The number of benzene rings is 2. The van der Waals surface area contributed by atoms with Crippen LogP contribution in [0.1, 0.15) is 31.4 Å². The molecule has 1 atom stereocenters. The van der Waals surface area contributed by atoms with Gasteiger partial charge in [0.15, 0.2) is 0 Å². The summed E-state index contributed by atoms with van der Waals surface area (Å²) in [7, 11) is 0. The summed E-state index contributed by atoms with van der Waals surface area (Å²) in [5.74, 6) is 0.182. The van der Waals surface area contributed by atoms with E-state index in [4.69, 9.17) is 16.3 Å². The average Bonchev–Trinajstić information content (AvgIpc) is 2.79. The summed E-state index contributed by atoms with van der Waals surface area (Å²) in [6.07, 6.45) is 1.45. The molecule has 7 heteroatoms. The van der Waals surface area contributed by atoms with E-state index in [1.54, 1.807) is 0 Å². The number of hydrogen-bond acceptors (Lipinski definition) is 4. The molecule has 1 aliphatic carbocycles. The van der Waals surface area contributed by atoms with Gasteiger partial charge in [-0.3, -0.25) is 0 Å². The summed E-state index contributed by atoms with van der Waals surface area (Å²) < 4.78 is 5.22. The molecule has 0 aliphatic heterocycles. The Morgan fingerprint density at radius 1 is 1.06 bits per heavy atom. The van der Waals surface area contributed by atoms with Crippen LogP contribution < -0.4 is 10.2 Å². The molecule has 1 N–H and O–H groups in total. The maximum atomic E-state index is 13.1. The van der Waals surface area contributed by atoms with E-state index in [0.29, 0.717) is 18.5 Å². The molecule has 0 saturated heterocycles. The first kappa shape index (κ1) is 22.9. The van der Waals surface area contributed by atoms with Gasteiger partial charge < -0.3 is 15.0 Å². The normalized spacial score (nSPS) is 15.0. The maximum Gasteiger partial charge on any atom is 0.418 e. The lowest BCUT2D eigenvalue weighted by atomic mass is 9.88. The van der Waals surface area contributed by atoms with Crippen LogP contribution in [0.2, 0.25) is 0 Å². The third kappa shape index (κ3) is 5.70. The largest absolute Gasteiger partial charge is 0.448 e. The Morgan fingerprint density at radius 3 is 2.39 bits per heavy atom. The number of nitrogens with one attached hydrogen (secondary N) is 1. The van der Waals surface area contributed by atoms with Gasteiger partial charge in [0.1, 0.15) is 6.61 Å². The number of anilines is 2. The Labute approximate surface area is 189 Å². The van der Waals surface area contributed by atoms with Crippen molar-refractivity contribution in [1.29, 1.82) is 0 Å². The number of urea groups is 1. The van der Waals surface area contributed by atoms with Crippen molar-refractivity contribution in [2.24, 2.45) is 0 Å². The van der Waals surface area contributed by atoms with Crippen LogP contribution in [-0.4, -0.2) is 48.6 Å². The average molecular weight is 444 g/mol. The zero-order valence-electron chi connectivity index (χ0n) is 18.1. The van der Waals surface area contributed by atoms with Crippen molar-refractivity contribution in [2.75, 3.05) is 35.8 Å². The number of nitrogens with zero attached hydrogens (tertiary/aromatic N) is 2. The Kier molecular flexibility index (Phi) is 8.18. The third-order valence-corrected chi connectivity index (χ3v) is 5.81. The Hall–Kier alpha value is -2.73. The van der Waals surface area contributed by atoms with Crippen LogP contribution in [0, 0.1) is 0 Å². The molecule has 6 nitrogen and oxygen atoms in total. The quantitative estimate of drug-likeness (QED) is 0.590. The van der Waals surface area contributed by atoms with Crippen LogP contribution in [0.4, 0.5) is 21.0 Å². The van der Waals surface area contributed by atoms with E-state index in [-0.39, 0.29) is 18.5 Å². The smallest absolute Gasteiger partial charge is 0.418 e. The topological polar surface area (TPSA) is 61.9 Å². The van der Waals surface area contributed by atoms with Crippen LogP contribution in [0.3, 0.4) is 0 Å². The van der Waals surface area contributed by atoms with Crippen molar-refractivity contribution in [3.63, 3.8) is 0 Å². The number of carbonyl (C=O) groups excluding carboxylic acids is 2. The van der Waals surface area contributed by atoms with Gasteiger partial charge >= 0.3 is 12.1 Å². The predicted molar refractivity (Wildman–Crippen MR) is 125 cm³/mol. The number of carbonyl (C=O) groups is 2. The molecule has 0 bridgehead atoms. The van der Waals surface area contributed by atoms with Gasteiger partial charge in [-0.05, 0) is 68.5 Å². The molecule has 2 aromatic carbocycles. The zero-order valence-corrected chi connectivity index (χ0v) is 18.9. The van der Waals surface area contributed by atoms with Gasteiger partial charge in [-0.25, -0.2) is 14.5 Å². The number of imide groups is 1. The highest BCUT2D eigenvalue weighted by Crippen LogP contribution is 2.26. The van der Waals surface area contributed by atoms with E-state index in [0.717, 1.165) is 30.8 Å². The van der Waals surface area contributed by atoms with E-state index < -0.39 is 12.1 Å². The molecule has 0 spiro atoms. The van der Waals surface area contributed by atoms with E-state index in [2.05, 4.69) is 30.1 Å². The number of alkyl halides is 1. The maximum absolute atomic E-state index is 13.1. The molecule has 2 aromatic rings. The summed E-state index contributed by atoms with van der Waals surface area (Å²) in [4.78, 5) is 29.3. The molecular formula is C24H30ClN3O3. The second kappa shape index (κ2) is 11.0. The van der Waals surface area contributed by atoms with Crippen LogP contribution in [0.25, 0.3) is 0 Å². The molecule has 166 valence electrons. The first-order valence-corrected chi connectivity index (χ1v) is 11.4. The fourth-order valence-corrected chi connectivity index (χ4v) is 4.10. The number of ether oxygens (including phenoxy) is 1. The molecule has 1 aliphatic rings. The summed E-state index contributed by atoms with van der Waals surface area (Å²) in [6, 6.07) is 15.0. The number of amides is 3. The molecule has 1 unspecified atom stereocenters. The lowest BCUT2D eigenvalue weighted by molar-refractivity contribution is 0.102. The highest BCUT2D eigenvalue weighted by atomic mass is 35.5. The minimum absolute atomic E-state index is 0.0616. The van der Waals surface area contributed by atoms with Gasteiger partial charge in [0.2, 0.25) is 0 Å². The van der Waals surface area contributed by atoms with E-state index in [1.807, 2.05) is 42.5 Å². The Bertz CT molecular complexity index is 884. The minimum Gasteiger partial charge on any atom is -0.448 e. The molecule has 0 fully saturated rings. The van der Waals surface area contributed by atoms with Crippen molar-refractivity contribution in [3.8, 4) is 0 Å². The van der Waals surface area contributed by atoms with Crippen LogP contribution in [0.15, 0.2) is 48.5 Å². The molecular weight excluding hydrogens is 414 g/mol. The standard InChI is InChI=1S/C24H30ClN3O3/c1-3-27(4-2)21-13-10-20(11-14-21)26-23(29)28(24(30)31-16-15-25)22-12-9-18-7-5-6-8-19(18)17-22/h5-8,10-11,13-14,22H,3-4,9,12,15-17H2,1-2H3,(H,26,29). The fourth-order valence-electron chi connectivity index (χ4n) is 4.02. The first-order chi connectivity index (χ1) is 15.1. The number of hydrogen-bond donors (Lipinski definition) is 1. The molecule has 3 rings (SSSR count). The highest BCUT2D eigenvalue weighted by molar-refractivity contribution is 6.18. The molecule has 31 heavy (non-hydrogen) atoms. The van der Waals surface area contributed by atoms with Gasteiger partial charge in [0, 0.05) is 30.5 Å². The van der Waals surface area contributed by atoms with E-state index >= 15 is 0 Å². The minimum atomic E-state index is -0.665. The SMILES string of the molecule is CCN(CC)c1ccc(NC(=O)N(C(=O)OCCCl)C2CCc3ccccc3C2)cc1. The number of halogens is 1. The van der Waals surface area contributed by atoms with Gasteiger partial charge in [0.25, 0.3) is 0 Å². The number of fused-ring (bicyclic) bond motifs is 1. The monoisotopic (exact) mass is 443 g/mol. The second-order valence-electron chi connectivity index (χ2n) is 7.49. The first-order valence-electron chi connectivity index (χ1n) is 10.8. The number of aryl methyl sites for hydroxylation is 1. The molecule has 0 heterocycles.